The second-order valence-electron chi connectivity index (χ2n) is 4.86. The van der Waals surface area contributed by atoms with Gasteiger partial charge in [-0.2, -0.15) is 5.26 Å². The molecule has 0 saturated carbocycles. The van der Waals surface area contributed by atoms with Gasteiger partial charge < -0.3 is 15.4 Å². The fourth-order valence-corrected chi connectivity index (χ4v) is 1.71. The van der Waals surface area contributed by atoms with Crippen molar-refractivity contribution >= 4 is 17.6 Å². The van der Waals surface area contributed by atoms with Gasteiger partial charge >= 0.3 is 5.97 Å². The van der Waals surface area contributed by atoms with Gasteiger partial charge in [0, 0.05) is 12.2 Å². The van der Waals surface area contributed by atoms with Gasteiger partial charge in [-0.15, -0.1) is 0 Å². The maximum atomic E-state index is 12.3. The van der Waals surface area contributed by atoms with E-state index in [9.17, 15) is 9.59 Å². The van der Waals surface area contributed by atoms with Crippen molar-refractivity contribution in [2.75, 3.05) is 11.9 Å². The predicted molar refractivity (Wildman–Crippen MR) is 87.6 cm³/mol. The Morgan fingerprint density at radius 3 is 2.65 bits per heavy atom. The fourth-order valence-electron chi connectivity index (χ4n) is 1.71. The van der Waals surface area contributed by atoms with E-state index < -0.39 is 5.97 Å². The molecule has 0 aromatic heterocycles. The Bertz CT molecular complexity index is 632. The average molecular weight is 315 g/mol. The second kappa shape index (κ2) is 9.26. The number of para-hydroxylation sites is 1. The summed E-state index contributed by atoms with van der Waals surface area (Å²) in [5.41, 5.74) is 0.777. The van der Waals surface area contributed by atoms with E-state index in [0.717, 1.165) is 6.42 Å². The van der Waals surface area contributed by atoms with Crippen LogP contribution < -0.4 is 10.6 Å². The highest BCUT2D eigenvalue weighted by molar-refractivity contribution is 6.00. The first-order valence-corrected chi connectivity index (χ1v) is 7.47. The highest BCUT2D eigenvalue weighted by Gasteiger charge is 2.13. The number of nitrogens with zero attached hydrogens (tertiary/aromatic N) is 1. The first kappa shape index (κ1) is 18.2. The lowest BCUT2D eigenvalue weighted by Gasteiger charge is -2.14. The number of carbonyl (C=O) groups excluding carboxylic acids is 2. The quantitative estimate of drug-likeness (QED) is 0.458. The topological polar surface area (TPSA) is 91.2 Å². The summed E-state index contributed by atoms with van der Waals surface area (Å²) in [6.07, 6.45) is 2.07. The molecule has 6 nitrogen and oxygen atoms in total. The van der Waals surface area contributed by atoms with Crippen molar-refractivity contribution < 1.29 is 14.3 Å². The Balaban J connectivity index is 2.95. The number of ether oxygens (including phenoxy) is 1. The lowest BCUT2D eigenvalue weighted by Crippen LogP contribution is -2.32. The van der Waals surface area contributed by atoms with Gasteiger partial charge in [0.1, 0.15) is 6.07 Å². The van der Waals surface area contributed by atoms with Gasteiger partial charge in [-0.05, 0) is 32.4 Å². The maximum absolute atomic E-state index is 12.3. The van der Waals surface area contributed by atoms with E-state index in [0.29, 0.717) is 11.3 Å². The normalized spacial score (nSPS) is 12.0. The number of rotatable bonds is 7. The van der Waals surface area contributed by atoms with E-state index in [1.807, 2.05) is 13.8 Å². The molecule has 2 N–H and O–H groups in total. The summed E-state index contributed by atoms with van der Waals surface area (Å²) >= 11 is 0. The molecule has 6 heteroatoms. The highest BCUT2D eigenvalue weighted by Crippen LogP contribution is 2.16. The average Bonchev–Trinajstić information content (AvgIpc) is 2.55. The van der Waals surface area contributed by atoms with Gasteiger partial charge in [0.05, 0.1) is 17.9 Å². The summed E-state index contributed by atoms with van der Waals surface area (Å²) in [6, 6.07) is 8.70. The van der Waals surface area contributed by atoms with Crippen LogP contribution in [0.5, 0.6) is 0 Å². The molecule has 0 aliphatic rings. The number of nitrogens with one attached hydrogen (secondary N) is 2. The molecule has 0 radical (unpaired) electrons. The van der Waals surface area contributed by atoms with Crippen LogP contribution in [0, 0.1) is 11.3 Å². The minimum Gasteiger partial charge on any atom is -0.462 e. The molecule has 1 atom stereocenters. The van der Waals surface area contributed by atoms with Crippen molar-refractivity contribution in [3.8, 4) is 6.07 Å². The summed E-state index contributed by atoms with van der Waals surface area (Å²) in [6.45, 7) is 5.75. The number of carbonyl (C=O) groups is 2. The van der Waals surface area contributed by atoms with E-state index in [1.165, 1.54) is 6.20 Å². The lowest BCUT2D eigenvalue weighted by molar-refractivity contribution is -0.138. The largest absolute Gasteiger partial charge is 0.462 e. The predicted octanol–water partition coefficient (Wildman–Crippen LogP) is 2.60. The van der Waals surface area contributed by atoms with E-state index >= 15 is 0 Å². The molecule has 1 amide bonds. The number of nitriles is 1. The minimum atomic E-state index is -0.705. The molecule has 1 rings (SSSR count). The summed E-state index contributed by atoms with van der Waals surface area (Å²) in [5.74, 6) is -0.922. The van der Waals surface area contributed by atoms with E-state index in [1.54, 1.807) is 37.3 Å². The molecule has 0 fully saturated rings. The molecular weight excluding hydrogens is 294 g/mol. The third-order valence-electron chi connectivity index (χ3n) is 3.15. The second-order valence-corrected chi connectivity index (χ2v) is 4.86. The van der Waals surface area contributed by atoms with Crippen LogP contribution in [0.3, 0.4) is 0 Å². The van der Waals surface area contributed by atoms with Gasteiger partial charge in [-0.3, -0.25) is 4.79 Å². The molecule has 0 spiro atoms. The van der Waals surface area contributed by atoms with Gasteiger partial charge in [0.2, 0.25) is 0 Å². The summed E-state index contributed by atoms with van der Waals surface area (Å²) < 4.78 is 4.78. The number of anilines is 1. The van der Waals surface area contributed by atoms with Crippen molar-refractivity contribution in [2.24, 2.45) is 0 Å². The van der Waals surface area contributed by atoms with Crippen molar-refractivity contribution in [3.63, 3.8) is 0 Å². The highest BCUT2D eigenvalue weighted by atomic mass is 16.5. The SMILES string of the molecule is CCOC(=O)/C(C#N)=C/Nc1ccccc1C(=O)N[C@H](C)CC. The standard InChI is InChI=1S/C17H21N3O3/c1-4-12(3)20-16(21)14-8-6-7-9-15(14)19-11-13(10-18)17(22)23-5-2/h6-9,11-12,19H,4-5H2,1-3H3,(H,20,21)/b13-11+/t12-/m1/s1. The Hall–Kier alpha value is -2.81. The van der Waals surface area contributed by atoms with Crippen LogP contribution in [0.25, 0.3) is 0 Å². The number of amides is 1. The molecule has 0 aliphatic carbocycles. The number of hydrogen-bond donors (Lipinski definition) is 2. The van der Waals surface area contributed by atoms with E-state index in [2.05, 4.69) is 10.6 Å². The molecule has 1 aromatic rings. The van der Waals surface area contributed by atoms with Crippen LogP contribution in [0.1, 0.15) is 37.6 Å². The van der Waals surface area contributed by atoms with Gasteiger partial charge in [-0.1, -0.05) is 19.1 Å². The van der Waals surface area contributed by atoms with Crippen molar-refractivity contribution in [1.29, 1.82) is 5.26 Å². The van der Waals surface area contributed by atoms with E-state index in [4.69, 9.17) is 10.00 Å². The van der Waals surface area contributed by atoms with Gasteiger partial charge in [0.15, 0.2) is 5.57 Å². The molecule has 0 unspecified atom stereocenters. The molecular formula is C17H21N3O3. The zero-order valence-electron chi connectivity index (χ0n) is 13.6. The Labute approximate surface area is 136 Å². The first-order valence-electron chi connectivity index (χ1n) is 7.47. The third-order valence-corrected chi connectivity index (χ3v) is 3.15. The van der Waals surface area contributed by atoms with Crippen LogP contribution in [-0.2, 0) is 9.53 Å². The molecule has 0 saturated heterocycles. The molecule has 122 valence electrons. The van der Waals surface area contributed by atoms with Gasteiger partial charge in [0.25, 0.3) is 5.91 Å². The zero-order chi connectivity index (χ0) is 17.2. The van der Waals surface area contributed by atoms with Crippen LogP contribution >= 0.6 is 0 Å². The lowest BCUT2D eigenvalue weighted by atomic mass is 10.1. The monoisotopic (exact) mass is 315 g/mol. The van der Waals surface area contributed by atoms with Crippen LogP contribution in [0.4, 0.5) is 5.69 Å². The third kappa shape index (κ3) is 5.47. The summed E-state index contributed by atoms with van der Waals surface area (Å²) in [4.78, 5) is 23.8. The molecule has 1 aromatic carbocycles. The smallest absolute Gasteiger partial charge is 0.350 e. The Morgan fingerprint density at radius 1 is 1.35 bits per heavy atom. The van der Waals surface area contributed by atoms with Crippen LogP contribution in [-0.4, -0.2) is 24.5 Å². The van der Waals surface area contributed by atoms with Crippen molar-refractivity contribution in [3.05, 3.63) is 41.6 Å². The molecule has 0 aliphatic heterocycles. The Kier molecular flexibility index (Phi) is 7.34. The van der Waals surface area contributed by atoms with Crippen LogP contribution in [0.15, 0.2) is 36.0 Å². The summed E-state index contributed by atoms with van der Waals surface area (Å²) in [7, 11) is 0. The molecule has 0 heterocycles. The minimum absolute atomic E-state index is 0.0558. The molecule has 0 bridgehead atoms. The fraction of sp³-hybridized carbons (Fsp3) is 0.353. The molecule has 23 heavy (non-hydrogen) atoms. The van der Waals surface area contributed by atoms with Crippen molar-refractivity contribution in [1.82, 2.24) is 5.32 Å². The number of benzene rings is 1. The van der Waals surface area contributed by atoms with Crippen LogP contribution in [0.2, 0.25) is 0 Å². The Morgan fingerprint density at radius 2 is 2.04 bits per heavy atom. The number of hydrogen-bond acceptors (Lipinski definition) is 5. The summed E-state index contributed by atoms with van der Waals surface area (Å²) in [5, 5.41) is 14.7. The van der Waals surface area contributed by atoms with Gasteiger partial charge in [-0.25, -0.2) is 4.79 Å². The zero-order valence-corrected chi connectivity index (χ0v) is 13.6. The first-order chi connectivity index (χ1) is 11.0. The number of esters is 1. The maximum Gasteiger partial charge on any atom is 0.350 e. The van der Waals surface area contributed by atoms with E-state index in [-0.39, 0.29) is 24.1 Å². The van der Waals surface area contributed by atoms with Crippen molar-refractivity contribution in [2.45, 2.75) is 33.2 Å².